The summed E-state index contributed by atoms with van der Waals surface area (Å²) in [6.45, 7) is 4.53. The number of fused-ring (bicyclic) bond motifs is 1. The molecule has 0 aliphatic carbocycles. The molecule has 26 heavy (non-hydrogen) atoms. The van der Waals surface area contributed by atoms with Crippen molar-refractivity contribution in [1.29, 1.82) is 0 Å². The Morgan fingerprint density at radius 3 is 2.92 bits per heavy atom. The number of rotatable bonds is 4. The summed E-state index contributed by atoms with van der Waals surface area (Å²) < 4.78 is 18.9. The number of thiophene rings is 1. The zero-order chi connectivity index (χ0) is 17.9. The highest BCUT2D eigenvalue weighted by Crippen LogP contribution is 2.25. The molecule has 2 aliphatic heterocycles. The van der Waals surface area contributed by atoms with E-state index in [9.17, 15) is 9.18 Å². The lowest BCUT2D eigenvalue weighted by molar-refractivity contribution is -0.133. The average Bonchev–Trinajstić information content (AvgIpc) is 3.15. The maximum absolute atomic E-state index is 13.1. The van der Waals surface area contributed by atoms with E-state index in [0.29, 0.717) is 13.0 Å². The van der Waals surface area contributed by atoms with Crippen LogP contribution in [-0.2, 0) is 22.5 Å². The Hall–Kier alpha value is -1.76. The van der Waals surface area contributed by atoms with Gasteiger partial charge in [-0.2, -0.15) is 0 Å². The minimum Gasteiger partial charge on any atom is -0.371 e. The first-order chi connectivity index (χ1) is 12.7. The van der Waals surface area contributed by atoms with Crippen LogP contribution in [0, 0.1) is 5.82 Å². The number of halogens is 1. The zero-order valence-corrected chi connectivity index (χ0v) is 15.5. The fourth-order valence-corrected chi connectivity index (χ4v) is 4.55. The van der Waals surface area contributed by atoms with Gasteiger partial charge in [0.1, 0.15) is 5.82 Å². The van der Waals surface area contributed by atoms with Crippen molar-refractivity contribution in [2.24, 2.45) is 0 Å². The van der Waals surface area contributed by atoms with Crippen molar-refractivity contribution in [2.75, 3.05) is 32.8 Å². The van der Waals surface area contributed by atoms with E-state index in [1.165, 1.54) is 22.6 Å². The molecule has 4 nitrogen and oxygen atoms in total. The summed E-state index contributed by atoms with van der Waals surface area (Å²) in [7, 11) is 0. The molecule has 1 fully saturated rings. The molecule has 2 aliphatic rings. The molecule has 4 rings (SSSR count). The Balaban J connectivity index is 1.29. The summed E-state index contributed by atoms with van der Waals surface area (Å²) in [4.78, 5) is 18.3. The van der Waals surface area contributed by atoms with E-state index in [4.69, 9.17) is 4.74 Å². The number of carbonyl (C=O) groups is 1. The third kappa shape index (κ3) is 3.98. The molecule has 1 aromatic carbocycles. The molecule has 6 heteroatoms. The van der Waals surface area contributed by atoms with E-state index in [0.717, 1.165) is 44.7 Å². The highest BCUT2D eigenvalue weighted by Gasteiger charge is 2.25. The molecular formula is C20H23FN2O2S. The summed E-state index contributed by atoms with van der Waals surface area (Å²) >= 11 is 1.79. The number of nitrogens with zero attached hydrogens (tertiary/aromatic N) is 2. The van der Waals surface area contributed by atoms with Gasteiger partial charge in [0.15, 0.2) is 0 Å². The molecule has 0 N–H and O–H groups in total. The van der Waals surface area contributed by atoms with Gasteiger partial charge in [-0.3, -0.25) is 9.69 Å². The van der Waals surface area contributed by atoms with Gasteiger partial charge in [-0.15, -0.1) is 11.3 Å². The van der Waals surface area contributed by atoms with E-state index in [2.05, 4.69) is 16.3 Å². The van der Waals surface area contributed by atoms with Crippen molar-refractivity contribution in [1.82, 2.24) is 9.80 Å². The number of hydrogen-bond acceptors (Lipinski definition) is 4. The summed E-state index contributed by atoms with van der Waals surface area (Å²) in [5, 5.41) is 2.11. The summed E-state index contributed by atoms with van der Waals surface area (Å²) in [5.74, 6) is -0.00556. The first-order valence-corrected chi connectivity index (χ1v) is 9.99. The van der Waals surface area contributed by atoms with Gasteiger partial charge in [0.05, 0.1) is 12.7 Å². The molecule has 1 amide bonds. The maximum Gasteiger partial charge on any atom is 0.224 e. The van der Waals surface area contributed by atoms with E-state index >= 15 is 0 Å². The third-order valence-corrected chi connectivity index (χ3v) is 6.22. The van der Waals surface area contributed by atoms with Gasteiger partial charge in [0.25, 0.3) is 0 Å². The molecule has 0 bridgehead atoms. The Morgan fingerprint density at radius 2 is 2.08 bits per heavy atom. The van der Waals surface area contributed by atoms with Gasteiger partial charge < -0.3 is 9.64 Å². The van der Waals surface area contributed by atoms with E-state index in [1.54, 1.807) is 23.5 Å². The number of ether oxygens (including phenoxy) is 1. The number of carbonyl (C=O) groups excluding carboxylic acids is 1. The van der Waals surface area contributed by atoms with Crippen LogP contribution in [0.5, 0.6) is 0 Å². The molecule has 138 valence electrons. The second-order valence-corrected chi connectivity index (χ2v) is 7.90. The fourth-order valence-electron chi connectivity index (χ4n) is 3.66. The first-order valence-electron chi connectivity index (χ1n) is 9.11. The van der Waals surface area contributed by atoms with Crippen LogP contribution < -0.4 is 0 Å². The predicted octanol–water partition coefficient (Wildman–Crippen LogP) is 3.24. The van der Waals surface area contributed by atoms with Crippen LogP contribution in [0.2, 0.25) is 0 Å². The smallest absolute Gasteiger partial charge is 0.224 e. The normalized spacial score (nSPS) is 20.8. The summed E-state index contributed by atoms with van der Waals surface area (Å²) in [6.07, 6.45) is 1.46. The lowest BCUT2D eigenvalue weighted by Crippen LogP contribution is -2.41. The van der Waals surface area contributed by atoms with Crippen molar-refractivity contribution in [3.63, 3.8) is 0 Å². The van der Waals surface area contributed by atoms with Gasteiger partial charge in [-0.05, 0) is 41.1 Å². The Bertz CT molecular complexity index is 761. The topological polar surface area (TPSA) is 32.8 Å². The Kier molecular flexibility index (Phi) is 5.33. The predicted molar refractivity (Wildman–Crippen MR) is 99.6 cm³/mol. The monoisotopic (exact) mass is 374 g/mol. The number of amides is 1. The van der Waals surface area contributed by atoms with Gasteiger partial charge in [-0.1, -0.05) is 12.1 Å². The second kappa shape index (κ2) is 7.86. The Morgan fingerprint density at radius 1 is 1.23 bits per heavy atom. The van der Waals surface area contributed by atoms with Crippen molar-refractivity contribution >= 4 is 17.2 Å². The molecule has 1 aromatic heterocycles. The van der Waals surface area contributed by atoms with Crippen molar-refractivity contribution in [3.05, 3.63) is 57.5 Å². The standard InChI is InChI=1S/C20H23FN2O2S/c21-17-3-1-15(2-4-17)18-14-22(10-11-25-18)8-6-20(24)23-9-5-19-16(13-23)7-12-26-19/h1-4,7,12,18H,5-6,8-11,13-14H2/t18-/m0/s1. The van der Waals surface area contributed by atoms with E-state index in [1.807, 2.05) is 4.90 Å². The highest BCUT2D eigenvalue weighted by atomic mass is 32.1. The number of morpholine rings is 1. The molecule has 0 spiro atoms. The largest absolute Gasteiger partial charge is 0.371 e. The van der Waals surface area contributed by atoms with Crippen LogP contribution in [0.4, 0.5) is 4.39 Å². The van der Waals surface area contributed by atoms with Crippen LogP contribution in [0.1, 0.15) is 28.5 Å². The zero-order valence-electron chi connectivity index (χ0n) is 14.7. The van der Waals surface area contributed by atoms with Crippen molar-refractivity contribution in [3.8, 4) is 0 Å². The molecule has 0 unspecified atom stereocenters. The van der Waals surface area contributed by atoms with Crippen LogP contribution in [0.3, 0.4) is 0 Å². The third-order valence-electron chi connectivity index (χ3n) is 5.19. The quantitative estimate of drug-likeness (QED) is 0.824. The highest BCUT2D eigenvalue weighted by molar-refractivity contribution is 7.10. The minimum absolute atomic E-state index is 0.0530. The lowest BCUT2D eigenvalue weighted by Gasteiger charge is -2.34. The molecule has 3 heterocycles. The SMILES string of the molecule is O=C(CCN1CCO[C@H](c2ccc(F)cc2)C1)N1CCc2sccc2C1. The molecule has 1 atom stereocenters. The first kappa shape index (κ1) is 17.6. The number of benzene rings is 1. The molecule has 2 aromatic rings. The Labute approximate surface area is 157 Å². The fraction of sp³-hybridized carbons (Fsp3) is 0.450. The van der Waals surface area contributed by atoms with E-state index in [-0.39, 0.29) is 17.8 Å². The van der Waals surface area contributed by atoms with Gasteiger partial charge in [0, 0.05) is 44.0 Å². The number of hydrogen-bond donors (Lipinski definition) is 0. The molecule has 0 radical (unpaired) electrons. The lowest BCUT2D eigenvalue weighted by atomic mass is 10.1. The minimum atomic E-state index is -0.234. The van der Waals surface area contributed by atoms with Crippen molar-refractivity contribution < 1.29 is 13.9 Å². The summed E-state index contributed by atoms with van der Waals surface area (Å²) in [5.41, 5.74) is 2.29. The van der Waals surface area contributed by atoms with Crippen LogP contribution in [0.15, 0.2) is 35.7 Å². The van der Waals surface area contributed by atoms with Crippen LogP contribution >= 0.6 is 11.3 Å². The van der Waals surface area contributed by atoms with Gasteiger partial charge in [-0.25, -0.2) is 4.39 Å². The molecule has 0 saturated carbocycles. The van der Waals surface area contributed by atoms with Crippen molar-refractivity contribution in [2.45, 2.75) is 25.5 Å². The van der Waals surface area contributed by atoms with Crippen LogP contribution in [0.25, 0.3) is 0 Å². The molecular weight excluding hydrogens is 351 g/mol. The summed E-state index contributed by atoms with van der Waals surface area (Å²) in [6, 6.07) is 8.63. The maximum atomic E-state index is 13.1. The average molecular weight is 374 g/mol. The van der Waals surface area contributed by atoms with E-state index < -0.39 is 0 Å². The van der Waals surface area contributed by atoms with Crippen LogP contribution in [-0.4, -0.2) is 48.5 Å². The molecule has 1 saturated heterocycles. The second-order valence-electron chi connectivity index (χ2n) is 6.90. The van der Waals surface area contributed by atoms with Gasteiger partial charge in [0.2, 0.25) is 5.91 Å². The van der Waals surface area contributed by atoms with Gasteiger partial charge >= 0.3 is 0 Å².